The fourth-order valence-corrected chi connectivity index (χ4v) is 3.71. The van der Waals surface area contributed by atoms with Crippen molar-refractivity contribution in [2.75, 3.05) is 10.2 Å². The highest BCUT2D eigenvalue weighted by atomic mass is 19.1. The van der Waals surface area contributed by atoms with E-state index in [9.17, 15) is 9.18 Å². The van der Waals surface area contributed by atoms with E-state index in [-0.39, 0.29) is 29.7 Å². The molecule has 1 aliphatic rings. The summed E-state index contributed by atoms with van der Waals surface area (Å²) in [6.45, 7) is 7.58. The van der Waals surface area contributed by atoms with Crippen molar-refractivity contribution in [3.05, 3.63) is 47.7 Å². The lowest BCUT2D eigenvalue weighted by Gasteiger charge is -2.45. The fourth-order valence-electron chi connectivity index (χ4n) is 3.71. The van der Waals surface area contributed by atoms with Crippen LogP contribution in [-0.4, -0.2) is 21.9 Å². The number of hydrogen-bond acceptors (Lipinski definition) is 4. The van der Waals surface area contributed by atoms with E-state index in [2.05, 4.69) is 29.1 Å². The van der Waals surface area contributed by atoms with Gasteiger partial charge in [-0.3, -0.25) is 9.78 Å². The highest BCUT2D eigenvalue weighted by Crippen LogP contribution is 2.43. The second-order valence-corrected chi connectivity index (χ2v) is 6.59. The van der Waals surface area contributed by atoms with Crippen LogP contribution in [0.5, 0.6) is 0 Å². The Balaban J connectivity index is 2.07. The van der Waals surface area contributed by atoms with E-state index in [1.54, 1.807) is 30.3 Å². The number of carbonyl (C=O) groups excluding carboxylic acids is 1. The van der Waals surface area contributed by atoms with E-state index in [0.29, 0.717) is 5.82 Å². The highest BCUT2D eigenvalue weighted by molar-refractivity contribution is 5.94. The SMILES string of the molecule is CC[C@H]1[C@H](C)C(Nc2cnc(C)cn2)c2cc(F)ccc2N1C(C)=O. The van der Waals surface area contributed by atoms with Crippen LogP contribution in [0.25, 0.3) is 0 Å². The minimum absolute atomic E-state index is 0.0277. The van der Waals surface area contributed by atoms with E-state index in [1.165, 1.54) is 12.1 Å². The number of aryl methyl sites for hydroxylation is 1. The molecule has 0 aliphatic carbocycles. The molecule has 3 rings (SSSR count). The average molecular weight is 342 g/mol. The molecule has 0 saturated heterocycles. The van der Waals surface area contributed by atoms with Crippen LogP contribution in [0.1, 0.15) is 44.5 Å². The third-order valence-electron chi connectivity index (χ3n) is 4.89. The minimum Gasteiger partial charge on any atom is -0.362 e. The van der Waals surface area contributed by atoms with Gasteiger partial charge in [0.2, 0.25) is 5.91 Å². The van der Waals surface area contributed by atoms with Crippen LogP contribution < -0.4 is 10.2 Å². The molecule has 132 valence electrons. The summed E-state index contributed by atoms with van der Waals surface area (Å²) in [5, 5.41) is 3.39. The minimum atomic E-state index is -0.314. The monoisotopic (exact) mass is 342 g/mol. The molecular weight excluding hydrogens is 319 g/mol. The van der Waals surface area contributed by atoms with Crippen molar-refractivity contribution in [2.24, 2.45) is 5.92 Å². The smallest absolute Gasteiger partial charge is 0.224 e. The van der Waals surface area contributed by atoms with Crippen LogP contribution in [0.2, 0.25) is 0 Å². The van der Waals surface area contributed by atoms with Crippen LogP contribution in [0.3, 0.4) is 0 Å². The summed E-state index contributed by atoms with van der Waals surface area (Å²) in [6.07, 6.45) is 4.19. The zero-order chi connectivity index (χ0) is 18.1. The number of aromatic nitrogens is 2. The first kappa shape index (κ1) is 17.3. The topological polar surface area (TPSA) is 58.1 Å². The Bertz CT molecular complexity index is 777. The normalized spacial score (nSPS) is 22.4. The summed E-state index contributed by atoms with van der Waals surface area (Å²) in [4.78, 5) is 22.7. The van der Waals surface area contributed by atoms with Crippen molar-refractivity contribution in [3.63, 3.8) is 0 Å². The zero-order valence-electron chi connectivity index (χ0n) is 15.0. The Hall–Kier alpha value is -2.50. The Morgan fingerprint density at radius 1 is 1.32 bits per heavy atom. The molecular formula is C19H23FN4O. The van der Waals surface area contributed by atoms with Crippen molar-refractivity contribution in [3.8, 4) is 0 Å². The van der Waals surface area contributed by atoms with Crippen LogP contribution >= 0.6 is 0 Å². The van der Waals surface area contributed by atoms with Gasteiger partial charge in [-0.1, -0.05) is 13.8 Å². The molecule has 1 N–H and O–H groups in total. The van der Waals surface area contributed by atoms with Crippen LogP contribution in [0.4, 0.5) is 15.9 Å². The lowest BCUT2D eigenvalue weighted by molar-refractivity contribution is -0.117. The summed E-state index contributed by atoms with van der Waals surface area (Å²) in [5.41, 5.74) is 2.37. The molecule has 0 radical (unpaired) electrons. The number of anilines is 2. The summed E-state index contributed by atoms with van der Waals surface area (Å²) in [7, 11) is 0. The van der Waals surface area contributed by atoms with Crippen LogP contribution in [0, 0.1) is 18.7 Å². The molecule has 5 nitrogen and oxygen atoms in total. The summed E-state index contributed by atoms with van der Waals surface area (Å²) >= 11 is 0. The lowest BCUT2D eigenvalue weighted by atomic mass is 9.81. The first-order chi connectivity index (χ1) is 11.9. The predicted molar refractivity (Wildman–Crippen MR) is 95.9 cm³/mol. The number of rotatable bonds is 3. The van der Waals surface area contributed by atoms with Crippen molar-refractivity contribution in [1.29, 1.82) is 0 Å². The number of nitrogens with zero attached hydrogens (tertiary/aromatic N) is 3. The maximum Gasteiger partial charge on any atom is 0.224 e. The van der Waals surface area contributed by atoms with Gasteiger partial charge in [0.1, 0.15) is 11.6 Å². The van der Waals surface area contributed by atoms with Gasteiger partial charge in [0.25, 0.3) is 0 Å². The van der Waals surface area contributed by atoms with Crippen molar-refractivity contribution < 1.29 is 9.18 Å². The molecule has 1 unspecified atom stereocenters. The highest BCUT2D eigenvalue weighted by Gasteiger charge is 2.39. The molecule has 3 atom stereocenters. The first-order valence-corrected chi connectivity index (χ1v) is 8.56. The molecule has 0 spiro atoms. The van der Waals surface area contributed by atoms with E-state index >= 15 is 0 Å². The molecule has 25 heavy (non-hydrogen) atoms. The first-order valence-electron chi connectivity index (χ1n) is 8.56. The van der Waals surface area contributed by atoms with Crippen LogP contribution in [0.15, 0.2) is 30.6 Å². The van der Waals surface area contributed by atoms with Crippen molar-refractivity contribution in [2.45, 2.75) is 46.2 Å². The summed E-state index contributed by atoms with van der Waals surface area (Å²) in [6, 6.07) is 4.48. The largest absolute Gasteiger partial charge is 0.362 e. The van der Waals surface area contributed by atoms with E-state index in [1.807, 2.05) is 6.92 Å². The molecule has 1 amide bonds. The molecule has 0 fully saturated rings. The molecule has 1 aromatic carbocycles. The average Bonchev–Trinajstić information content (AvgIpc) is 2.58. The molecule has 1 aliphatic heterocycles. The second-order valence-electron chi connectivity index (χ2n) is 6.59. The number of carbonyl (C=O) groups is 1. The number of hydrogen-bond donors (Lipinski definition) is 1. The van der Waals surface area contributed by atoms with Gasteiger partial charge >= 0.3 is 0 Å². The molecule has 0 bridgehead atoms. The van der Waals surface area contributed by atoms with Crippen molar-refractivity contribution in [1.82, 2.24) is 9.97 Å². The van der Waals surface area contributed by atoms with Crippen LogP contribution in [-0.2, 0) is 4.79 Å². The maximum atomic E-state index is 13.9. The van der Waals surface area contributed by atoms with Gasteiger partial charge < -0.3 is 10.2 Å². The molecule has 0 saturated carbocycles. The third kappa shape index (κ3) is 3.21. The second kappa shape index (κ2) is 6.78. The lowest BCUT2D eigenvalue weighted by Crippen LogP contribution is -2.49. The van der Waals surface area contributed by atoms with Gasteiger partial charge in [-0.25, -0.2) is 9.37 Å². The third-order valence-corrected chi connectivity index (χ3v) is 4.89. The number of fused-ring (bicyclic) bond motifs is 1. The predicted octanol–water partition coefficient (Wildman–Crippen LogP) is 3.86. The Labute approximate surface area is 147 Å². The van der Waals surface area contributed by atoms with E-state index < -0.39 is 0 Å². The number of nitrogens with one attached hydrogen (secondary N) is 1. The molecule has 2 aromatic rings. The van der Waals surface area contributed by atoms with Crippen molar-refractivity contribution >= 4 is 17.4 Å². The fraction of sp³-hybridized carbons (Fsp3) is 0.421. The summed E-state index contributed by atoms with van der Waals surface area (Å²) in [5.74, 6) is 0.390. The molecule has 6 heteroatoms. The maximum absolute atomic E-state index is 13.9. The van der Waals surface area contributed by atoms with Gasteiger partial charge in [0, 0.05) is 30.1 Å². The molecule has 2 heterocycles. The Kier molecular flexibility index (Phi) is 4.70. The number of halogens is 1. The zero-order valence-corrected chi connectivity index (χ0v) is 15.0. The van der Waals surface area contributed by atoms with Gasteiger partial charge in [-0.15, -0.1) is 0 Å². The number of amides is 1. The molecule has 1 aromatic heterocycles. The van der Waals surface area contributed by atoms with E-state index in [4.69, 9.17) is 0 Å². The van der Waals surface area contributed by atoms with Gasteiger partial charge in [0.05, 0.1) is 24.1 Å². The van der Waals surface area contributed by atoms with Gasteiger partial charge in [0.15, 0.2) is 0 Å². The van der Waals surface area contributed by atoms with E-state index in [0.717, 1.165) is 23.4 Å². The Morgan fingerprint density at radius 2 is 2.08 bits per heavy atom. The number of benzene rings is 1. The van der Waals surface area contributed by atoms with Gasteiger partial charge in [-0.2, -0.15) is 0 Å². The van der Waals surface area contributed by atoms with Gasteiger partial charge in [-0.05, 0) is 31.5 Å². The quantitative estimate of drug-likeness (QED) is 0.920. The summed E-state index contributed by atoms with van der Waals surface area (Å²) < 4.78 is 13.9. The standard InChI is InChI=1S/C19H23FN4O/c1-5-16-12(3)19(23-18-10-21-11(2)9-22-18)15-8-14(20)6-7-17(15)24(16)13(4)25/h6-10,12,16,19H,5H2,1-4H3,(H,22,23)/t12-,16-,19?/m0/s1. The Morgan fingerprint density at radius 3 is 2.68 bits per heavy atom.